The van der Waals surface area contributed by atoms with Crippen LogP contribution in [0.15, 0.2) is 22.7 Å². The Balaban J connectivity index is 2.57. The molecule has 0 aliphatic rings. The quantitative estimate of drug-likeness (QED) is 0.686. The number of nitrogens with two attached hydrogens (primary N) is 1. The molecule has 2 aromatic rings. The van der Waals surface area contributed by atoms with E-state index < -0.39 is 5.97 Å². The number of rotatable bonds is 1. The Labute approximate surface area is 79.4 Å². The van der Waals surface area contributed by atoms with Gasteiger partial charge < -0.3 is 15.0 Å². The molecule has 0 spiro atoms. The highest BCUT2D eigenvalue weighted by Gasteiger charge is 2.10. The number of anilines is 1. The first-order valence-corrected chi connectivity index (χ1v) is 3.95. The molecule has 0 atom stereocenters. The number of fused-ring (bicyclic) bond motifs is 1. The maximum Gasteiger partial charge on any atom is 0.337 e. The van der Waals surface area contributed by atoms with Crippen molar-refractivity contribution in [1.82, 2.24) is 5.16 Å². The van der Waals surface area contributed by atoms with Crippen LogP contribution < -0.4 is 5.73 Å². The molecule has 1 aromatic carbocycles. The van der Waals surface area contributed by atoms with Crippen LogP contribution in [0.4, 0.5) is 5.82 Å². The normalized spacial score (nSPS) is 10.4. The van der Waals surface area contributed by atoms with E-state index in [1.165, 1.54) is 7.11 Å². The fourth-order valence-electron chi connectivity index (χ4n) is 1.20. The first-order chi connectivity index (χ1) is 6.72. The van der Waals surface area contributed by atoms with E-state index in [-0.39, 0.29) is 0 Å². The number of hydrogen-bond donors (Lipinski definition) is 1. The molecule has 2 N–H and O–H groups in total. The Morgan fingerprint density at radius 3 is 3.07 bits per heavy atom. The molecule has 5 heteroatoms. The molecule has 2 rings (SSSR count). The number of methoxy groups -OCH3 is 1. The molecular formula is C9H8N2O3. The van der Waals surface area contributed by atoms with Gasteiger partial charge in [-0.15, -0.1) is 0 Å². The van der Waals surface area contributed by atoms with Gasteiger partial charge in [0.15, 0.2) is 11.4 Å². The van der Waals surface area contributed by atoms with Crippen LogP contribution in [-0.4, -0.2) is 18.2 Å². The molecule has 0 saturated carbocycles. The highest BCUT2D eigenvalue weighted by molar-refractivity contribution is 5.96. The van der Waals surface area contributed by atoms with Gasteiger partial charge in [-0.2, -0.15) is 0 Å². The average Bonchev–Trinajstić information content (AvgIpc) is 2.59. The minimum absolute atomic E-state index is 0.316. The third-order valence-corrected chi connectivity index (χ3v) is 1.92. The van der Waals surface area contributed by atoms with Gasteiger partial charge >= 0.3 is 5.97 Å². The summed E-state index contributed by atoms with van der Waals surface area (Å²) in [5, 5.41) is 4.26. The number of aromatic nitrogens is 1. The van der Waals surface area contributed by atoms with Gasteiger partial charge in [0.1, 0.15) is 0 Å². The van der Waals surface area contributed by atoms with Crippen molar-refractivity contribution in [1.29, 1.82) is 0 Å². The monoisotopic (exact) mass is 192 g/mol. The second-order valence-corrected chi connectivity index (χ2v) is 2.77. The zero-order valence-corrected chi connectivity index (χ0v) is 7.48. The van der Waals surface area contributed by atoms with Crippen molar-refractivity contribution in [3.63, 3.8) is 0 Å². The van der Waals surface area contributed by atoms with Gasteiger partial charge in [-0.1, -0.05) is 5.16 Å². The van der Waals surface area contributed by atoms with Crippen LogP contribution in [0.5, 0.6) is 0 Å². The molecule has 0 bridgehead atoms. The first kappa shape index (κ1) is 8.55. The lowest BCUT2D eigenvalue weighted by Gasteiger charge is -1.97. The van der Waals surface area contributed by atoms with Crippen LogP contribution in [0.2, 0.25) is 0 Å². The number of carbonyl (C=O) groups excluding carboxylic acids is 1. The predicted molar refractivity (Wildman–Crippen MR) is 49.8 cm³/mol. The molecular weight excluding hydrogens is 184 g/mol. The molecule has 0 unspecified atom stereocenters. The predicted octanol–water partition coefficient (Wildman–Crippen LogP) is 1.20. The van der Waals surface area contributed by atoms with E-state index in [2.05, 4.69) is 9.89 Å². The van der Waals surface area contributed by atoms with Gasteiger partial charge in [-0.25, -0.2) is 4.79 Å². The number of hydrogen-bond acceptors (Lipinski definition) is 5. The van der Waals surface area contributed by atoms with Crippen LogP contribution in [0, 0.1) is 0 Å². The third kappa shape index (κ3) is 1.19. The van der Waals surface area contributed by atoms with Crippen molar-refractivity contribution >= 4 is 22.8 Å². The van der Waals surface area contributed by atoms with Crippen LogP contribution in [-0.2, 0) is 4.74 Å². The van der Waals surface area contributed by atoms with E-state index in [0.717, 1.165) is 0 Å². The van der Waals surface area contributed by atoms with Crippen LogP contribution in [0.25, 0.3) is 11.0 Å². The molecule has 0 aliphatic heterocycles. The maximum absolute atomic E-state index is 11.1. The summed E-state index contributed by atoms with van der Waals surface area (Å²) in [5.41, 5.74) is 6.40. The topological polar surface area (TPSA) is 78.4 Å². The third-order valence-electron chi connectivity index (χ3n) is 1.92. The number of nitrogens with zero attached hydrogens (tertiary/aromatic N) is 1. The average molecular weight is 192 g/mol. The summed E-state index contributed by atoms with van der Waals surface area (Å²) in [6.07, 6.45) is 0. The van der Waals surface area contributed by atoms with Crippen LogP contribution in [0.1, 0.15) is 10.4 Å². The van der Waals surface area contributed by atoms with Gasteiger partial charge in [0.05, 0.1) is 18.1 Å². The summed E-state index contributed by atoms with van der Waals surface area (Å²) < 4.78 is 9.46. The molecule has 14 heavy (non-hydrogen) atoms. The summed E-state index contributed by atoms with van der Waals surface area (Å²) in [5.74, 6) is -0.0988. The summed E-state index contributed by atoms with van der Waals surface area (Å²) >= 11 is 0. The van der Waals surface area contributed by atoms with E-state index >= 15 is 0 Å². The Morgan fingerprint density at radius 2 is 2.36 bits per heavy atom. The highest BCUT2D eigenvalue weighted by atomic mass is 16.5. The minimum atomic E-state index is -0.415. The van der Waals surface area contributed by atoms with Gasteiger partial charge in [0, 0.05) is 0 Å². The van der Waals surface area contributed by atoms with Crippen LogP contribution in [0.3, 0.4) is 0 Å². The molecule has 5 nitrogen and oxygen atoms in total. The number of carbonyl (C=O) groups is 1. The Kier molecular flexibility index (Phi) is 1.85. The van der Waals surface area contributed by atoms with Crippen molar-refractivity contribution in [2.24, 2.45) is 0 Å². The number of ether oxygens (including phenoxy) is 1. The molecule has 0 amide bonds. The maximum atomic E-state index is 11.1. The van der Waals surface area contributed by atoms with Crippen molar-refractivity contribution in [3.8, 4) is 0 Å². The van der Waals surface area contributed by atoms with Crippen molar-refractivity contribution in [2.45, 2.75) is 0 Å². The highest BCUT2D eigenvalue weighted by Crippen LogP contribution is 2.21. The van der Waals surface area contributed by atoms with E-state index in [9.17, 15) is 4.79 Å². The molecule has 0 radical (unpaired) electrons. The number of benzene rings is 1. The molecule has 0 saturated heterocycles. The van der Waals surface area contributed by atoms with Gasteiger partial charge in [-0.3, -0.25) is 0 Å². The van der Waals surface area contributed by atoms with E-state index in [4.69, 9.17) is 10.3 Å². The Morgan fingerprint density at radius 1 is 1.57 bits per heavy atom. The zero-order valence-electron chi connectivity index (χ0n) is 7.48. The fraction of sp³-hybridized carbons (Fsp3) is 0.111. The lowest BCUT2D eigenvalue weighted by Crippen LogP contribution is -2.00. The Hall–Kier alpha value is -2.04. The minimum Gasteiger partial charge on any atom is -0.465 e. The molecule has 0 aliphatic carbocycles. The summed E-state index contributed by atoms with van der Waals surface area (Å²) in [4.78, 5) is 11.1. The lowest BCUT2D eigenvalue weighted by molar-refractivity contribution is 0.0601. The second-order valence-electron chi connectivity index (χ2n) is 2.77. The van der Waals surface area contributed by atoms with E-state index in [1.807, 2.05) is 0 Å². The van der Waals surface area contributed by atoms with Gasteiger partial charge in [0.25, 0.3) is 0 Å². The lowest BCUT2D eigenvalue weighted by atomic mass is 10.2. The molecule has 72 valence electrons. The van der Waals surface area contributed by atoms with E-state index in [0.29, 0.717) is 22.4 Å². The van der Waals surface area contributed by atoms with E-state index in [1.54, 1.807) is 18.2 Å². The largest absolute Gasteiger partial charge is 0.465 e. The summed E-state index contributed by atoms with van der Waals surface area (Å²) in [6, 6.07) is 4.83. The second kappa shape index (κ2) is 3.02. The summed E-state index contributed by atoms with van der Waals surface area (Å²) in [7, 11) is 1.32. The smallest absolute Gasteiger partial charge is 0.337 e. The standard InChI is InChI=1S/C9H8N2O3/c1-13-9(12)5-2-3-6-7(4-5)14-11-8(6)10/h2-4H,1H3,(H2,10,11). The zero-order chi connectivity index (χ0) is 10.1. The summed E-state index contributed by atoms with van der Waals surface area (Å²) in [6.45, 7) is 0. The van der Waals surface area contributed by atoms with Gasteiger partial charge in [-0.05, 0) is 18.2 Å². The number of nitrogen functional groups attached to an aromatic ring is 1. The van der Waals surface area contributed by atoms with Crippen molar-refractivity contribution in [2.75, 3.05) is 12.8 Å². The van der Waals surface area contributed by atoms with Crippen molar-refractivity contribution < 1.29 is 14.1 Å². The first-order valence-electron chi connectivity index (χ1n) is 3.95. The SMILES string of the molecule is COC(=O)c1ccc2c(N)noc2c1. The number of esters is 1. The Bertz CT molecular complexity index is 490. The molecule has 0 fully saturated rings. The van der Waals surface area contributed by atoms with Crippen LogP contribution >= 0.6 is 0 Å². The molecule has 1 heterocycles. The van der Waals surface area contributed by atoms with Gasteiger partial charge in [0.2, 0.25) is 0 Å². The molecule has 1 aromatic heterocycles. The fourth-order valence-corrected chi connectivity index (χ4v) is 1.20. The van der Waals surface area contributed by atoms with Crippen molar-refractivity contribution in [3.05, 3.63) is 23.8 Å².